The van der Waals surface area contributed by atoms with Crippen molar-refractivity contribution < 1.29 is 29.7 Å². The van der Waals surface area contributed by atoms with E-state index in [4.69, 9.17) is 10.2 Å². The summed E-state index contributed by atoms with van der Waals surface area (Å²) in [5.41, 5.74) is 2.44. The maximum atomic E-state index is 11.5. The number of carboxylic acids is 3. The number of benzene rings is 1. The van der Waals surface area contributed by atoms with Crippen molar-refractivity contribution in [3.05, 3.63) is 35.4 Å². The maximum Gasteiger partial charge on any atom is 0.307 e. The number of carbonyl (C=O) groups is 3. The molecule has 0 aliphatic carbocycles. The third-order valence-corrected chi connectivity index (χ3v) is 5.51. The lowest BCUT2D eigenvalue weighted by molar-refractivity contribution is -0.148. The van der Waals surface area contributed by atoms with Gasteiger partial charge in [0.05, 0.1) is 12.3 Å². The Labute approximate surface area is 179 Å². The average molecular weight is 421 g/mol. The van der Waals surface area contributed by atoms with Crippen molar-refractivity contribution in [2.45, 2.75) is 84.0 Å². The molecule has 0 aliphatic rings. The predicted octanol–water partition coefficient (Wildman–Crippen LogP) is 5.18. The van der Waals surface area contributed by atoms with E-state index in [9.17, 15) is 19.5 Å². The molecule has 0 saturated carbocycles. The first-order valence-corrected chi connectivity index (χ1v) is 11.1. The Bertz CT molecular complexity index is 652. The predicted molar refractivity (Wildman–Crippen MR) is 116 cm³/mol. The van der Waals surface area contributed by atoms with Gasteiger partial charge in [0.15, 0.2) is 0 Å². The van der Waals surface area contributed by atoms with Crippen molar-refractivity contribution in [2.75, 3.05) is 0 Å². The molecule has 0 spiro atoms. The van der Waals surface area contributed by atoms with Crippen LogP contribution in [-0.2, 0) is 27.2 Å². The second-order valence-electron chi connectivity index (χ2n) is 8.21. The van der Waals surface area contributed by atoms with E-state index >= 15 is 0 Å². The second kappa shape index (κ2) is 14.6. The van der Waals surface area contributed by atoms with E-state index in [1.807, 2.05) is 0 Å². The molecule has 0 aliphatic heterocycles. The number of aliphatic carboxylic acids is 3. The van der Waals surface area contributed by atoms with Crippen molar-refractivity contribution in [2.24, 2.45) is 11.8 Å². The monoisotopic (exact) mass is 420 g/mol. The Morgan fingerprint density at radius 2 is 1.47 bits per heavy atom. The zero-order chi connectivity index (χ0) is 22.4. The van der Waals surface area contributed by atoms with Gasteiger partial charge in [-0.3, -0.25) is 14.4 Å². The Balaban J connectivity index is 2.69. The van der Waals surface area contributed by atoms with Crippen LogP contribution in [0.1, 0.15) is 82.3 Å². The molecule has 1 aromatic carbocycles. The molecular formula is C24H36O6. The molecule has 0 fully saturated rings. The number of hydrogen-bond acceptors (Lipinski definition) is 3. The number of aryl methyl sites for hydroxylation is 1. The van der Waals surface area contributed by atoms with Gasteiger partial charge >= 0.3 is 17.9 Å². The SMILES string of the molecule is CCCCc1ccc(CC(CCCCCCC(=O)O)CC(CC(=O)O)C(=O)O)cc1. The fourth-order valence-electron chi connectivity index (χ4n) is 3.81. The minimum absolute atomic E-state index is 0.0893. The highest BCUT2D eigenvalue weighted by molar-refractivity contribution is 5.77. The normalized spacial score (nSPS) is 13.0. The Morgan fingerprint density at radius 1 is 0.833 bits per heavy atom. The van der Waals surface area contributed by atoms with E-state index in [2.05, 4.69) is 31.2 Å². The molecule has 0 bridgehead atoms. The largest absolute Gasteiger partial charge is 0.481 e. The molecular weight excluding hydrogens is 384 g/mol. The third kappa shape index (κ3) is 11.6. The molecule has 6 nitrogen and oxygen atoms in total. The van der Waals surface area contributed by atoms with E-state index in [0.29, 0.717) is 12.8 Å². The first kappa shape index (κ1) is 25.7. The van der Waals surface area contributed by atoms with Crippen molar-refractivity contribution in [1.82, 2.24) is 0 Å². The van der Waals surface area contributed by atoms with Crippen LogP contribution in [0.5, 0.6) is 0 Å². The molecule has 0 aromatic heterocycles. The fraction of sp³-hybridized carbons (Fsp3) is 0.625. The van der Waals surface area contributed by atoms with Crippen molar-refractivity contribution in [3.63, 3.8) is 0 Å². The van der Waals surface area contributed by atoms with Crippen molar-refractivity contribution in [3.8, 4) is 0 Å². The molecule has 0 heterocycles. The lowest BCUT2D eigenvalue weighted by Crippen LogP contribution is -2.22. The molecule has 0 radical (unpaired) electrons. The lowest BCUT2D eigenvalue weighted by atomic mass is 9.84. The molecule has 6 heteroatoms. The van der Waals surface area contributed by atoms with Crippen LogP contribution in [0.25, 0.3) is 0 Å². The molecule has 3 N–H and O–H groups in total. The lowest BCUT2D eigenvalue weighted by Gasteiger charge is -2.21. The molecule has 1 aromatic rings. The van der Waals surface area contributed by atoms with E-state index in [1.54, 1.807) is 0 Å². The molecule has 1 rings (SSSR count). The minimum atomic E-state index is -1.09. The van der Waals surface area contributed by atoms with Crippen LogP contribution in [0, 0.1) is 11.8 Å². The van der Waals surface area contributed by atoms with Gasteiger partial charge in [-0.25, -0.2) is 0 Å². The van der Waals surface area contributed by atoms with Gasteiger partial charge in [-0.05, 0) is 49.1 Å². The molecule has 0 saturated heterocycles. The van der Waals surface area contributed by atoms with E-state index in [1.165, 1.54) is 5.56 Å². The second-order valence-corrected chi connectivity index (χ2v) is 8.21. The van der Waals surface area contributed by atoms with E-state index in [0.717, 1.165) is 56.9 Å². The summed E-state index contributed by atoms with van der Waals surface area (Å²) in [7, 11) is 0. The van der Waals surface area contributed by atoms with Crippen LogP contribution in [0.4, 0.5) is 0 Å². The Morgan fingerprint density at radius 3 is 2.03 bits per heavy atom. The molecule has 30 heavy (non-hydrogen) atoms. The molecule has 0 amide bonds. The highest BCUT2D eigenvalue weighted by Crippen LogP contribution is 2.26. The van der Waals surface area contributed by atoms with Crippen LogP contribution in [0.15, 0.2) is 24.3 Å². The van der Waals surface area contributed by atoms with Crippen LogP contribution in [0.3, 0.4) is 0 Å². The van der Waals surface area contributed by atoms with Crippen LogP contribution in [0.2, 0.25) is 0 Å². The van der Waals surface area contributed by atoms with Gasteiger partial charge in [-0.2, -0.15) is 0 Å². The zero-order valence-electron chi connectivity index (χ0n) is 18.0. The van der Waals surface area contributed by atoms with Gasteiger partial charge in [-0.15, -0.1) is 0 Å². The summed E-state index contributed by atoms with van der Waals surface area (Å²) in [6, 6.07) is 8.44. The Kier molecular flexibility index (Phi) is 12.5. The fourth-order valence-corrected chi connectivity index (χ4v) is 3.81. The van der Waals surface area contributed by atoms with Crippen LogP contribution in [-0.4, -0.2) is 33.2 Å². The summed E-state index contributed by atoms with van der Waals surface area (Å²) in [5.74, 6) is -3.73. The molecule has 2 atom stereocenters. The van der Waals surface area contributed by atoms with Gasteiger partial charge in [0, 0.05) is 6.42 Å². The summed E-state index contributed by atoms with van der Waals surface area (Å²) in [6.45, 7) is 2.16. The van der Waals surface area contributed by atoms with Gasteiger partial charge in [0.25, 0.3) is 0 Å². The topological polar surface area (TPSA) is 112 Å². The maximum absolute atomic E-state index is 11.5. The van der Waals surface area contributed by atoms with Crippen LogP contribution >= 0.6 is 0 Å². The first-order chi connectivity index (χ1) is 14.3. The van der Waals surface area contributed by atoms with Gasteiger partial charge in [-0.1, -0.05) is 63.3 Å². The summed E-state index contributed by atoms with van der Waals surface area (Å²) in [4.78, 5) is 33.2. The number of hydrogen-bond donors (Lipinski definition) is 3. The number of carboxylic acid groups (broad SMARTS) is 3. The zero-order valence-corrected chi connectivity index (χ0v) is 18.0. The van der Waals surface area contributed by atoms with Gasteiger partial charge in [0.2, 0.25) is 0 Å². The summed E-state index contributed by atoms with van der Waals surface area (Å²) >= 11 is 0. The third-order valence-electron chi connectivity index (χ3n) is 5.51. The molecule has 2 unspecified atom stereocenters. The minimum Gasteiger partial charge on any atom is -0.481 e. The highest BCUT2D eigenvalue weighted by Gasteiger charge is 2.25. The van der Waals surface area contributed by atoms with Crippen molar-refractivity contribution in [1.29, 1.82) is 0 Å². The highest BCUT2D eigenvalue weighted by atomic mass is 16.4. The molecule has 168 valence electrons. The average Bonchev–Trinajstić information content (AvgIpc) is 2.68. The van der Waals surface area contributed by atoms with Gasteiger partial charge < -0.3 is 15.3 Å². The van der Waals surface area contributed by atoms with E-state index < -0.39 is 23.8 Å². The number of unbranched alkanes of at least 4 members (excludes halogenated alkanes) is 4. The van der Waals surface area contributed by atoms with Gasteiger partial charge in [0.1, 0.15) is 0 Å². The summed E-state index contributed by atoms with van der Waals surface area (Å²) in [5, 5.41) is 27.2. The van der Waals surface area contributed by atoms with Crippen LogP contribution < -0.4 is 0 Å². The standard InChI is InChI=1S/C24H36O6/c1-2-3-8-18-11-13-19(14-12-18)15-20(9-6-4-5-7-10-22(25)26)16-21(24(29)30)17-23(27)28/h11-14,20-21H,2-10,15-17H2,1H3,(H,25,26)(H,27,28)(H,29,30). The first-order valence-electron chi connectivity index (χ1n) is 11.1. The Hall–Kier alpha value is -2.37. The smallest absolute Gasteiger partial charge is 0.307 e. The quantitative estimate of drug-likeness (QED) is 0.299. The summed E-state index contributed by atoms with van der Waals surface area (Å²) < 4.78 is 0. The van der Waals surface area contributed by atoms with Crippen molar-refractivity contribution >= 4 is 17.9 Å². The number of rotatable bonds is 17. The van der Waals surface area contributed by atoms with E-state index in [-0.39, 0.29) is 18.8 Å². The summed E-state index contributed by atoms with van der Waals surface area (Å²) in [6.07, 6.45) is 8.32.